The smallest absolute Gasteiger partial charge is 0.251 e. The molecule has 0 bridgehead atoms. The average Bonchev–Trinajstić information content (AvgIpc) is 2.56. The molecule has 5 heteroatoms. The Bertz CT molecular complexity index is 712. The quantitative estimate of drug-likeness (QED) is 0.794. The van der Waals surface area contributed by atoms with Gasteiger partial charge in [-0.25, -0.2) is 0 Å². The second kappa shape index (κ2) is 8.02. The first-order valence-corrected chi connectivity index (χ1v) is 8.41. The van der Waals surface area contributed by atoms with Crippen LogP contribution in [-0.2, 0) is 16.8 Å². The molecule has 128 valence electrons. The molecule has 0 fully saturated rings. The third kappa shape index (κ3) is 4.73. The van der Waals surface area contributed by atoms with Crippen LogP contribution in [0.15, 0.2) is 42.5 Å². The molecule has 0 spiro atoms. The van der Waals surface area contributed by atoms with E-state index in [9.17, 15) is 4.79 Å². The largest absolute Gasteiger partial charge is 0.380 e. The van der Waals surface area contributed by atoms with Gasteiger partial charge in [-0.05, 0) is 35.4 Å². The van der Waals surface area contributed by atoms with Crippen molar-refractivity contribution in [2.24, 2.45) is 0 Å². The minimum absolute atomic E-state index is 0.105. The van der Waals surface area contributed by atoms with Crippen LogP contribution in [0.25, 0.3) is 0 Å². The lowest BCUT2D eigenvalue weighted by atomic mass is 9.84. The molecule has 0 unspecified atom stereocenters. The maximum atomic E-state index is 12.3. The van der Waals surface area contributed by atoms with Gasteiger partial charge in [0.25, 0.3) is 5.91 Å². The lowest BCUT2D eigenvalue weighted by molar-refractivity contribution is 0.0945. The number of hydrogen-bond acceptors (Lipinski definition) is 2. The SMILES string of the molecule is COCc1ccc(C(=O)NCC(C)(C)c2ccc(Cl)c(Cl)c2)cc1. The van der Waals surface area contributed by atoms with Gasteiger partial charge in [-0.2, -0.15) is 0 Å². The molecule has 24 heavy (non-hydrogen) atoms. The normalized spacial score (nSPS) is 11.4. The number of hydrogen-bond donors (Lipinski definition) is 1. The van der Waals surface area contributed by atoms with Crippen molar-refractivity contribution in [1.82, 2.24) is 5.32 Å². The monoisotopic (exact) mass is 365 g/mol. The van der Waals surface area contributed by atoms with Crippen LogP contribution in [0.4, 0.5) is 0 Å². The lowest BCUT2D eigenvalue weighted by Crippen LogP contribution is -2.36. The fourth-order valence-electron chi connectivity index (χ4n) is 2.34. The molecule has 0 aliphatic heterocycles. The number of amides is 1. The molecule has 0 radical (unpaired) electrons. The Morgan fingerprint density at radius 2 is 1.75 bits per heavy atom. The van der Waals surface area contributed by atoms with E-state index in [0.717, 1.165) is 11.1 Å². The number of carbonyl (C=O) groups excluding carboxylic acids is 1. The zero-order valence-corrected chi connectivity index (χ0v) is 15.5. The van der Waals surface area contributed by atoms with E-state index < -0.39 is 0 Å². The first-order chi connectivity index (χ1) is 11.3. The summed E-state index contributed by atoms with van der Waals surface area (Å²) in [4.78, 5) is 12.3. The molecule has 2 aromatic rings. The van der Waals surface area contributed by atoms with E-state index in [4.69, 9.17) is 27.9 Å². The van der Waals surface area contributed by atoms with Crippen LogP contribution in [-0.4, -0.2) is 19.6 Å². The molecule has 0 aromatic heterocycles. The van der Waals surface area contributed by atoms with Crippen molar-refractivity contribution < 1.29 is 9.53 Å². The van der Waals surface area contributed by atoms with Crippen molar-refractivity contribution in [3.8, 4) is 0 Å². The van der Waals surface area contributed by atoms with Crippen LogP contribution in [0.1, 0.15) is 35.3 Å². The van der Waals surface area contributed by atoms with Crippen LogP contribution in [0.3, 0.4) is 0 Å². The fraction of sp³-hybridized carbons (Fsp3) is 0.316. The molecule has 0 saturated carbocycles. The predicted molar refractivity (Wildman–Crippen MR) is 99.0 cm³/mol. The van der Waals surface area contributed by atoms with Crippen molar-refractivity contribution in [1.29, 1.82) is 0 Å². The second-order valence-electron chi connectivity index (χ2n) is 6.33. The number of nitrogens with one attached hydrogen (secondary N) is 1. The highest BCUT2D eigenvalue weighted by Gasteiger charge is 2.22. The molecular formula is C19H21Cl2NO2. The third-order valence-electron chi connectivity index (χ3n) is 3.92. The van der Waals surface area contributed by atoms with E-state index in [2.05, 4.69) is 19.2 Å². The van der Waals surface area contributed by atoms with Gasteiger partial charge in [-0.1, -0.05) is 55.2 Å². The molecule has 2 aromatic carbocycles. The summed E-state index contributed by atoms with van der Waals surface area (Å²) in [6, 6.07) is 12.9. The average molecular weight is 366 g/mol. The summed E-state index contributed by atoms with van der Waals surface area (Å²) in [5, 5.41) is 4.02. The number of benzene rings is 2. The Morgan fingerprint density at radius 1 is 1.08 bits per heavy atom. The van der Waals surface area contributed by atoms with Gasteiger partial charge >= 0.3 is 0 Å². The summed E-state index contributed by atoms with van der Waals surface area (Å²) in [5.41, 5.74) is 2.41. The highest BCUT2D eigenvalue weighted by Crippen LogP contribution is 2.29. The van der Waals surface area contributed by atoms with Crippen LogP contribution in [0.2, 0.25) is 10.0 Å². The molecule has 0 aliphatic rings. The Labute approximate surface area is 152 Å². The van der Waals surface area contributed by atoms with Gasteiger partial charge in [-0.3, -0.25) is 4.79 Å². The zero-order chi connectivity index (χ0) is 17.7. The maximum Gasteiger partial charge on any atom is 0.251 e. The topological polar surface area (TPSA) is 38.3 Å². The lowest BCUT2D eigenvalue weighted by Gasteiger charge is -2.26. The van der Waals surface area contributed by atoms with Crippen LogP contribution < -0.4 is 5.32 Å². The number of halogens is 2. The Kier molecular flexibility index (Phi) is 6.27. The molecular weight excluding hydrogens is 345 g/mol. The van der Waals surface area contributed by atoms with Gasteiger partial charge in [0.05, 0.1) is 16.7 Å². The summed E-state index contributed by atoms with van der Waals surface area (Å²) in [6.07, 6.45) is 0. The van der Waals surface area contributed by atoms with Gasteiger partial charge in [0, 0.05) is 24.6 Å². The minimum Gasteiger partial charge on any atom is -0.380 e. The van der Waals surface area contributed by atoms with Crippen molar-refractivity contribution in [3.63, 3.8) is 0 Å². The standard InChI is InChI=1S/C19H21Cl2NO2/c1-19(2,15-8-9-16(20)17(21)10-15)12-22-18(23)14-6-4-13(5-7-14)11-24-3/h4-10H,11-12H2,1-3H3,(H,22,23). The highest BCUT2D eigenvalue weighted by atomic mass is 35.5. The van der Waals surface area contributed by atoms with Crippen LogP contribution >= 0.6 is 23.2 Å². The number of rotatable bonds is 6. The number of methoxy groups -OCH3 is 1. The number of ether oxygens (including phenoxy) is 1. The molecule has 1 N–H and O–H groups in total. The Hall–Kier alpha value is -1.55. The van der Waals surface area contributed by atoms with E-state index >= 15 is 0 Å². The molecule has 3 nitrogen and oxygen atoms in total. The fourth-order valence-corrected chi connectivity index (χ4v) is 2.64. The molecule has 0 heterocycles. The summed E-state index contributed by atoms with van der Waals surface area (Å²) < 4.78 is 5.07. The predicted octanol–water partition coefficient (Wildman–Crippen LogP) is 4.85. The maximum absolute atomic E-state index is 12.3. The minimum atomic E-state index is -0.264. The Balaban J connectivity index is 2.02. The van der Waals surface area contributed by atoms with E-state index in [-0.39, 0.29) is 11.3 Å². The molecule has 0 saturated heterocycles. The summed E-state index contributed by atoms with van der Waals surface area (Å²) in [5.74, 6) is -0.105. The van der Waals surface area contributed by atoms with E-state index in [0.29, 0.717) is 28.8 Å². The zero-order valence-electron chi connectivity index (χ0n) is 14.0. The second-order valence-corrected chi connectivity index (χ2v) is 7.14. The summed E-state index contributed by atoms with van der Waals surface area (Å²) in [7, 11) is 1.64. The highest BCUT2D eigenvalue weighted by molar-refractivity contribution is 6.42. The van der Waals surface area contributed by atoms with Gasteiger partial charge in [0.1, 0.15) is 0 Å². The first-order valence-electron chi connectivity index (χ1n) is 7.65. The third-order valence-corrected chi connectivity index (χ3v) is 4.66. The van der Waals surface area contributed by atoms with Crippen molar-refractivity contribution in [2.75, 3.05) is 13.7 Å². The van der Waals surface area contributed by atoms with E-state index in [1.165, 1.54) is 0 Å². The van der Waals surface area contributed by atoms with Crippen LogP contribution in [0.5, 0.6) is 0 Å². The molecule has 1 amide bonds. The summed E-state index contributed by atoms with van der Waals surface area (Å²) >= 11 is 12.1. The van der Waals surface area contributed by atoms with Crippen molar-refractivity contribution >= 4 is 29.1 Å². The molecule has 0 aliphatic carbocycles. The van der Waals surface area contributed by atoms with Crippen molar-refractivity contribution in [2.45, 2.75) is 25.9 Å². The molecule has 2 rings (SSSR count). The van der Waals surface area contributed by atoms with Gasteiger partial charge in [0.15, 0.2) is 0 Å². The van der Waals surface area contributed by atoms with Gasteiger partial charge < -0.3 is 10.1 Å². The Morgan fingerprint density at radius 3 is 2.33 bits per heavy atom. The van der Waals surface area contributed by atoms with E-state index in [1.807, 2.05) is 24.3 Å². The van der Waals surface area contributed by atoms with Gasteiger partial charge in [0.2, 0.25) is 0 Å². The van der Waals surface area contributed by atoms with Gasteiger partial charge in [-0.15, -0.1) is 0 Å². The summed E-state index contributed by atoms with van der Waals surface area (Å²) in [6.45, 7) is 5.12. The molecule has 0 atom stereocenters. The van der Waals surface area contributed by atoms with Crippen molar-refractivity contribution in [3.05, 3.63) is 69.2 Å². The van der Waals surface area contributed by atoms with Crippen LogP contribution in [0, 0.1) is 0 Å². The first kappa shape index (κ1) is 18.8. The van der Waals surface area contributed by atoms with E-state index in [1.54, 1.807) is 25.3 Å². The number of carbonyl (C=O) groups is 1.